The largest absolute Gasteiger partial charge is 0.355 e. The zero-order chi connectivity index (χ0) is 25.9. The number of nitrogens with one attached hydrogen (secondary N) is 1. The van der Waals surface area contributed by atoms with Gasteiger partial charge in [0, 0.05) is 24.4 Å². The lowest BCUT2D eigenvalue weighted by atomic mass is 10.2. The first-order valence-electron chi connectivity index (χ1n) is 10.6. The van der Waals surface area contributed by atoms with E-state index in [2.05, 4.69) is 54.6 Å². The molecule has 2 rings (SSSR count). The minimum absolute atomic E-state index is 0.128. The molecule has 1 amide bonds. The molecule has 2 aromatic rings. The average Bonchev–Trinajstić information content (AvgIpc) is 3.38. The van der Waals surface area contributed by atoms with Crippen LogP contribution in [0.25, 0.3) is 11.1 Å². The summed E-state index contributed by atoms with van der Waals surface area (Å²) < 4.78 is 13.4. The van der Waals surface area contributed by atoms with Crippen molar-refractivity contribution in [3.05, 3.63) is 113 Å². The Balaban J connectivity index is 0.000000904. The number of amides is 1. The lowest BCUT2D eigenvalue weighted by Crippen LogP contribution is -2.18. The second-order valence-corrected chi connectivity index (χ2v) is 7.69. The van der Waals surface area contributed by atoms with Crippen LogP contribution in [0, 0.1) is 0 Å². The fourth-order valence-corrected chi connectivity index (χ4v) is 3.25. The highest BCUT2D eigenvalue weighted by molar-refractivity contribution is 7.13. The number of carbonyl (C=O) groups is 2. The van der Waals surface area contributed by atoms with Crippen LogP contribution in [0.4, 0.5) is 4.39 Å². The number of halogens is 1. The summed E-state index contributed by atoms with van der Waals surface area (Å²) in [4.78, 5) is 24.5. The summed E-state index contributed by atoms with van der Waals surface area (Å²) in [6.45, 7) is 15.2. The number of aromatic nitrogens is 1. The Morgan fingerprint density at radius 1 is 1.24 bits per heavy atom. The molecule has 0 unspecified atom stereocenters. The van der Waals surface area contributed by atoms with Crippen LogP contribution in [0.2, 0.25) is 0 Å². The highest BCUT2D eigenvalue weighted by Crippen LogP contribution is 2.28. The molecule has 1 aromatic carbocycles. The third-order valence-electron chi connectivity index (χ3n) is 4.34. The van der Waals surface area contributed by atoms with Crippen molar-refractivity contribution in [3.63, 3.8) is 0 Å². The van der Waals surface area contributed by atoms with Crippen LogP contribution >= 0.6 is 11.3 Å². The van der Waals surface area contributed by atoms with E-state index >= 15 is 0 Å². The van der Waals surface area contributed by atoms with Crippen molar-refractivity contribution in [2.45, 2.75) is 27.2 Å². The van der Waals surface area contributed by atoms with E-state index in [-0.39, 0.29) is 11.7 Å². The zero-order valence-corrected chi connectivity index (χ0v) is 21.1. The maximum atomic E-state index is 13.4. The summed E-state index contributed by atoms with van der Waals surface area (Å²) in [5.74, 6) is -0.465. The van der Waals surface area contributed by atoms with E-state index < -0.39 is 0 Å². The zero-order valence-electron chi connectivity index (χ0n) is 20.3. The molecular weight excluding hydrogens is 447 g/mol. The minimum atomic E-state index is -0.338. The van der Waals surface area contributed by atoms with Crippen molar-refractivity contribution in [2.24, 2.45) is 0 Å². The molecule has 0 saturated carbocycles. The number of hydrogen-bond acceptors (Lipinski definition) is 4. The molecule has 1 heterocycles. The van der Waals surface area contributed by atoms with Crippen molar-refractivity contribution in [2.75, 3.05) is 7.05 Å². The summed E-state index contributed by atoms with van der Waals surface area (Å²) in [6, 6.07) is 10.5. The first-order chi connectivity index (χ1) is 16.4. The molecule has 0 aliphatic heterocycles. The molecule has 1 N–H and O–H groups in total. The molecule has 0 radical (unpaired) electrons. The number of benzene rings is 1. The normalized spacial score (nSPS) is 11.6. The van der Waals surface area contributed by atoms with E-state index in [0.717, 1.165) is 16.9 Å². The third kappa shape index (κ3) is 11.3. The van der Waals surface area contributed by atoms with Gasteiger partial charge in [-0.15, -0.1) is 11.3 Å². The molecule has 34 heavy (non-hydrogen) atoms. The standard InChI is InChI=1S/C19H21FN2OS.C8H10.CH2O/c1-6-15(11-16(20)7-2)19-22-12-17(24-19)13(3)9-8-10-14(4)18(23)21-5;1-2-8-6-4-3-5-7-8;1-2/h6-12H,1,3H2,2,4-5H3,(H,21,23);3-7H,2H2,1H3;1H2/b9-8-,14-10+,15-11+,16-7+;;. The second kappa shape index (κ2) is 17.9. The van der Waals surface area contributed by atoms with Crippen molar-refractivity contribution in [1.29, 1.82) is 0 Å². The number of likely N-dealkylation sites (N-methyl/N-ethyl adjacent to an activating group) is 1. The van der Waals surface area contributed by atoms with Gasteiger partial charge in [-0.05, 0) is 37.5 Å². The quantitative estimate of drug-likeness (QED) is 0.330. The molecule has 0 fully saturated rings. The number of nitrogens with zero attached hydrogens (tertiary/aromatic N) is 1. The summed E-state index contributed by atoms with van der Waals surface area (Å²) >= 11 is 1.40. The van der Waals surface area contributed by atoms with E-state index in [0.29, 0.717) is 16.2 Å². The predicted molar refractivity (Wildman–Crippen MR) is 144 cm³/mol. The van der Waals surface area contributed by atoms with Crippen LogP contribution in [-0.4, -0.2) is 24.7 Å². The fraction of sp³-hybridized carbons (Fsp3) is 0.179. The lowest BCUT2D eigenvalue weighted by molar-refractivity contribution is -0.117. The second-order valence-electron chi connectivity index (χ2n) is 6.66. The smallest absolute Gasteiger partial charge is 0.246 e. The molecule has 0 saturated heterocycles. The molecular formula is C28H33FN2O2S. The number of rotatable bonds is 8. The Morgan fingerprint density at radius 2 is 1.88 bits per heavy atom. The van der Waals surface area contributed by atoms with Crippen LogP contribution < -0.4 is 5.32 Å². The van der Waals surface area contributed by atoms with Crippen molar-refractivity contribution in [1.82, 2.24) is 10.3 Å². The van der Waals surface area contributed by atoms with Gasteiger partial charge in [-0.3, -0.25) is 4.79 Å². The number of thiazole rings is 1. The van der Waals surface area contributed by atoms with Crippen molar-refractivity contribution >= 4 is 35.2 Å². The Kier molecular flexibility index (Phi) is 15.9. The van der Waals surface area contributed by atoms with Gasteiger partial charge in [-0.1, -0.05) is 80.8 Å². The number of aryl methyl sites for hydroxylation is 1. The molecule has 0 bridgehead atoms. The van der Waals surface area contributed by atoms with E-state index in [4.69, 9.17) is 4.79 Å². The predicted octanol–water partition coefficient (Wildman–Crippen LogP) is 6.91. The third-order valence-corrected chi connectivity index (χ3v) is 5.46. The maximum Gasteiger partial charge on any atom is 0.246 e. The average molecular weight is 481 g/mol. The van der Waals surface area contributed by atoms with Crippen LogP contribution in [0.3, 0.4) is 0 Å². The SMILES string of the molecule is C=C/C(=C\C(F)=C/C)c1ncc(C(=C)/C=C\C=C(/C)C(=O)NC)s1.C=O.CCc1ccccc1. The molecule has 180 valence electrons. The van der Waals surface area contributed by atoms with Crippen molar-refractivity contribution in [3.8, 4) is 0 Å². The number of allylic oxidation sites excluding steroid dienone is 9. The van der Waals surface area contributed by atoms with Crippen LogP contribution in [0.5, 0.6) is 0 Å². The maximum absolute atomic E-state index is 13.4. The van der Waals surface area contributed by atoms with Crippen LogP contribution in [-0.2, 0) is 16.0 Å². The molecule has 0 atom stereocenters. The topological polar surface area (TPSA) is 59.1 Å². The number of carbonyl (C=O) groups excluding carboxylic acids is 2. The first-order valence-corrected chi connectivity index (χ1v) is 11.4. The van der Waals surface area contributed by atoms with Gasteiger partial charge in [0.2, 0.25) is 5.91 Å². The Labute approximate surface area is 206 Å². The molecule has 0 aliphatic rings. The van der Waals surface area contributed by atoms with Gasteiger partial charge in [0.1, 0.15) is 17.6 Å². The minimum Gasteiger partial charge on any atom is -0.355 e. The Hall–Kier alpha value is -3.64. The van der Waals surface area contributed by atoms with Crippen LogP contribution in [0.15, 0.2) is 97.5 Å². The summed E-state index contributed by atoms with van der Waals surface area (Å²) in [5, 5.41) is 3.22. The monoisotopic (exact) mass is 480 g/mol. The van der Waals surface area contributed by atoms with Crippen molar-refractivity contribution < 1.29 is 14.0 Å². The fourth-order valence-electron chi connectivity index (χ4n) is 2.37. The van der Waals surface area contributed by atoms with E-state index in [1.54, 1.807) is 51.4 Å². The Bertz CT molecular complexity index is 1050. The van der Waals surface area contributed by atoms with Gasteiger partial charge in [0.15, 0.2) is 0 Å². The summed E-state index contributed by atoms with van der Waals surface area (Å²) in [7, 11) is 1.59. The summed E-state index contributed by atoms with van der Waals surface area (Å²) in [5.41, 5.74) is 3.39. The number of hydrogen-bond donors (Lipinski definition) is 1. The molecule has 1 aromatic heterocycles. The molecule has 6 heteroatoms. The molecule has 4 nitrogen and oxygen atoms in total. The molecule has 0 spiro atoms. The van der Waals surface area contributed by atoms with E-state index in [9.17, 15) is 9.18 Å². The Morgan fingerprint density at radius 3 is 2.38 bits per heavy atom. The van der Waals surface area contributed by atoms with Gasteiger partial charge in [0.05, 0.1) is 4.88 Å². The highest BCUT2D eigenvalue weighted by atomic mass is 32.1. The van der Waals surface area contributed by atoms with Gasteiger partial charge >= 0.3 is 0 Å². The van der Waals surface area contributed by atoms with Gasteiger partial charge in [0.25, 0.3) is 0 Å². The van der Waals surface area contributed by atoms with E-state index in [1.165, 1.54) is 29.1 Å². The summed E-state index contributed by atoms with van der Waals surface area (Å²) in [6.07, 6.45) is 12.4. The highest BCUT2D eigenvalue weighted by Gasteiger charge is 2.07. The van der Waals surface area contributed by atoms with Gasteiger partial charge in [-0.2, -0.15) is 0 Å². The first kappa shape index (κ1) is 30.4. The molecule has 0 aliphatic carbocycles. The van der Waals surface area contributed by atoms with E-state index in [1.807, 2.05) is 12.9 Å². The van der Waals surface area contributed by atoms with Gasteiger partial charge in [-0.25, -0.2) is 9.37 Å². The van der Waals surface area contributed by atoms with Gasteiger partial charge < -0.3 is 10.1 Å². The van der Waals surface area contributed by atoms with Crippen LogP contribution in [0.1, 0.15) is 36.2 Å². The lowest BCUT2D eigenvalue weighted by Gasteiger charge is -1.97.